The summed E-state index contributed by atoms with van der Waals surface area (Å²) in [5, 5.41) is 8.82. The summed E-state index contributed by atoms with van der Waals surface area (Å²) in [4.78, 5) is 6.04. The van der Waals surface area contributed by atoms with Crippen molar-refractivity contribution in [2.24, 2.45) is 4.99 Å². The van der Waals surface area contributed by atoms with E-state index in [1.807, 2.05) is 12.1 Å². The molecule has 0 fully saturated rings. The van der Waals surface area contributed by atoms with Gasteiger partial charge in [-0.15, -0.1) is 11.3 Å². The normalized spacial score (nSPS) is 11.5. The van der Waals surface area contributed by atoms with E-state index >= 15 is 0 Å². The number of benzene rings is 1. The number of nitrogens with zero attached hydrogens (tertiary/aromatic N) is 1. The Kier molecular flexibility index (Phi) is 7.10. The van der Waals surface area contributed by atoms with Gasteiger partial charge in [-0.05, 0) is 42.0 Å². The third-order valence-corrected chi connectivity index (χ3v) is 4.58. The summed E-state index contributed by atoms with van der Waals surface area (Å²) in [5.74, 6) is 0.840. The minimum Gasteiger partial charge on any atom is -0.380 e. The van der Waals surface area contributed by atoms with E-state index in [1.54, 1.807) is 18.4 Å². The first-order valence-electron chi connectivity index (χ1n) is 7.85. The third-order valence-electron chi connectivity index (χ3n) is 3.55. The summed E-state index contributed by atoms with van der Waals surface area (Å²) in [6.07, 6.45) is 0. The molecule has 0 aliphatic carbocycles. The van der Waals surface area contributed by atoms with Crippen molar-refractivity contribution in [1.29, 1.82) is 0 Å². The predicted molar refractivity (Wildman–Crippen MR) is 97.9 cm³/mol. The van der Waals surface area contributed by atoms with E-state index in [9.17, 15) is 0 Å². The summed E-state index contributed by atoms with van der Waals surface area (Å²) in [5.41, 5.74) is 3.70. The van der Waals surface area contributed by atoms with Crippen LogP contribution in [0.15, 0.2) is 40.7 Å². The number of ether oxygens (including phenoxy) is 1. The molecule has 2 aromatic rings. The molecule has 0 unspecified atom stereocenters. The Bertz CT molecular complexity index is 637. The molecule has 0 radical (unpaired) electrons. The van der Waals surface area contributed by atoms with Gasteiger partial charge in [0.2, 0.25) is 0 Å². The highest BCUT2D eigenvalue weighted by atomic mass is 32.1. The van der Waals surface area contributed by atoms with Crippen LogP contribution in [0.4, 0.5) is 0 Å². The molecule has 0 amide bonds. The third kappa shape index (κ3) is 5.37. The van der Waals surface area contributed by atoms with Crippen molar-refractivity contribution in [1.82, 2.24) is 10.6 Å². The average molecular weight is 331 g/mol. The predicted octanol–water partition coefficient (Wildman–Crippen LogP) is 3.46. The number of thiophene rings is 1. The van der Waals surface area contributed by atoms with Crippen LogP contribution in [-0.4, -0.2) is 19.6 Å². The maximum absolute atomic E-state index is 5.25. The molecule has 0 saturated carbocycles. The van der Waals surface area contributed by atoms with Gasteiger partial charge >= 0.3 is 0 Å². The van der Waals surface area contributed by atoms with Crippen LogP contribution < -0.4 is 10.6 Å². The van der Waals surface area contributed by atoms with E-state index in [0.717, 1.165) is 19.0 Å². The van der Waals surface area contributed by atoms with Crippen LogP contribution in [0.3, 0.4) is 0 Å². The van der Waals surface area contributed by atoms with Crippen LogP contribution in [0.5, 0.6) is 0 Å². The quantitative estimate of drug-likeness (QED) is 0.603. The number of aliphatic imine (C=N–C) groups is 1. The molecule has 5 heteroatoms. The van der Waals surface area contributed by atoms with Crippen molar-refractivity contribution in [3.8, 4) is 0 Å². The molecule has 0 bridgehead atoms. The molecule has 23 heavy (non-hydrogen) atoms. The van der Waals surface area contributed by atoms with Crippen LogP contribution in [-0.2, 0) is 24.4 Å². The van der Waals surface area contributed by atoms with Crippen LogP contribution in [0, 0.1) is 6.92 Å². The summed E-state index contributed by atoms with van der Waals surface area (Å²) in [7, 11) is 1.72. The number of nitrogens with one attached hydrogen (secondary N) is 2. The second kappa shape index (κ2) is 9.33. The molecule has 0 aliphatic rings. The summed E-state index contributed by atoms with van der Waals surface area (Å²) < 4.78 is 5.25. The molecular formula is C18H25N3OS. The van der Waals surface area contributed by atoms with Crippen molar-refractivity contribution in [2.75, 3.05) is 13.7 Å². The Balaban J connectivity index is 2.02. The summed E-state index contributed by atoms with van der Waals surface area (Å²) in [6.45, 7) is 7.11. The van der Waals surface area contributed by atoms with E-state index in [-0.39, 0.29) is 0 Å². The Hall–Kier alpha value is -1.85. The van der Waals surface area contributed by atoms with Gasteiger partial charge < -0.3 is 15.4 Å². The van der Waals surface area contributed by atoms with E-state index in [4.69, 9.17) is 9.73 Å². The van der Waals surface area contributed by atoms with Crippen molar-refractivity contribution in [3.05, 3.63) is 57.3 Å². The van der Waals surface area contributed by atoms with Crippen LogP contribution in [0.25, 0.3) is 0 Å². The zero-order valence-corrected chi connectivity index (χ0v) is 14.9. The van der Waals surface area contributed by atoms with Gasteiger partial charge in [-0.25, -0.2) is 4.99 Å². The van der Waals surface area contributed by atoms with Crippen molar-refractivity contribution in [3.63, 3.8) is 0 Å². The number of methoxy groups -OCH3 is 1. The number of hydrogen-bond acceptors (Lipinski definition) is 3. The summed E-state index contributed by atoms with van der Waals surface area (Å²) in [6, 6.07) is 10.4. The monoisotopic (exact) mass is 331 g/mol. The molecule has 4 nitrogen and oxygen atoms in total. The SMILES string of the molecule is CCNC(=NCc1ccccc1COC)NCc1sccc1C. The number of rotatable bonds is 7. The van der Waals surface area contributed by atoms with Crippen molar-refractivity contribution < 1.29 is 4.74 Å². The molecular weight excluding hydrogens is 306 g/mol. The number of guanidine groups is 1. The van der Waals surface area contributed by atoms with Crippen LogP contribution >= 0.6 is 11.3 Å². The van der Waals surface area contributed by atoms with Gasteiger partial charge in [-0.1, -0.05) is 24.3 Å². The fourth-order valence-electron chi connectivity index (χ4n) is 2.26. The average Bonchev–Trinajstić information content (AvgIpc) is 2.97. The van der Waals surface area contributed by atoms with Gasteiger partial charge in [0, 0.05) is 18.5 Å². The van der Waals surface area contributed by atoms with Gasteiger partial charge in [-0.2, -0.15) is 0 Å². The zero-order chi connectivity index (χ0) is 16.5. The molecule has 1 heterocycles. The molecule has 0 aliphatic heterocycles. The highest BCUT2D eigenvalue weighted by molar-refractivity contribution is 7.10. The smallest absolute Gasteiger partial charge is 0.191 e. The Morgan fingerprint density at radius 1 is 1.17 bits per heavy atom. The minimum absolute atomic E-state index is 0.615. The molecule has 1 aromatic carbocycles. The molecule has 124 valence electrons. The van der Waals surface area contributed by atoms with E-state index in [0.29, 0.717) is 13.2 Å². The summed E-state index contributed by atoms with van der Waals surface area (Å²) >= 11 is 1.77. The van der Waals surface area contributed by atoms with Gasteiger partial charge in [-0.3, -0.25) is 0 Å². The highest BCUT2D eigenvalue weighted by Crippen LogP contribution is 2.15. The van der Waals surface area contributed by atoms with E-state index in [2.05, 4.69) is 48.1 Å². The van der Waals surface area contributed by atoms with Crippen molar-refractivity contribution in [2.45, 2.75) is 33.5 Å². The number of hydrogen-bond donors (Lipinski definition) is 2. The zero-order valence-electron chi connectivity index (χ0n) is 14.1. The Morgan fingerprint density at radius 3 is 2.61 bits per heavy atom. The Morgan fingerprint density at radius 2 is 1.96 bits per heavy atom. The second-order valence-corrected chi connectivity index (χ2v) is 6.28. The molecule has 0 atom stereocenters. The van der Waals surface area contributed by atoms with Gasteiger partial charge in [0.1, 0.15) is 0 Å². The topological polar surface area (TPSA) is 45.7 Å². The van der Waals surface area contributed by atoms with Crippen molar-refractivity contribution >= 4 is 17.3 Å². The lowest BCUT2D eigenvalue weighted by molar-refractivity contribution is 0.184. The van der Waals surface area contributed by atoms with Gasteiger partial charge in [0.25, 0.3) is 0 Å². The lowest BCUT2D eigenvalue weighted by Gasteiger charge is -2.12. The molecule has 0 saturated heterocycles. The minimum atomic E-state index is 0.615. The highest BCUT2D eigenvalue weighted by Gasteiger charge is 2.04. The van der Waals surface area contributed by atoms with Gasteiger partial charge in [0.15, 0.2) is 5.96 Å². The second-order valence-electron chi connectivity index (χ2n) is 5.28. The van der Waals surface area contributed by atoms with Crippen LogP contribution in [0.2, 0.25) is 0 Å². The lowest BCUT2D eigenvalue weighted by Crippen LogP contribution is -2.36. The fraction of sp³-hybridized carbons (Fsp3) is 0.389. The molecule has 0 spiro atoms. The van der Waals surface area contributed by atoms with E-state index in [1.165, 1.54) is 21.6 Å². The number of aryl methyl sites for hydroxylation is 1. The first-order chi connectivity index (χ1) is 11.2. The van der Waals surface area contributed by atoms with Crippen LogP contribution in [0.1, 0.15) is 28.5 Å². The van der Waals surface area contributed by atoms with E-state index < -0.39 is 0 Å². The largest absolute Gasteiger partial charge is 0.380 e. The Labute approximate surface area is 142 Å². The standard InChI is InChI=1S/C18H25N3OS/c1-4-19-18(21-12-17-14(2)9-10-23-17)20-11-15-7-5-6-8-16(15)13-22-3/h5-10H,4,11-13H2,1-3H3,(H2,19,20,21). The lowest BCUT2D eigenvalue weighted by atomic mass is 10.1. The first kappa shape index (κ1) is 17.5. The maximum Gasteiger partial charge on any atom is 0.191 e. The first-order valence-corrected chi connectivity index (χ1v) is 8.73. The molecule has 2 rings (SSSR count). The van der Waals surface area contributed by atoms with Gasteiger partial charge in [0.05, 0.1) is 19.7 Å². The molecule has 2 N–H and O–H groups in total. The fourth-order valence-corrected chi connectivity index (χ4v) is 3.11. The molecule has 1 aromatic heterocycles. The maximum atomic E-state index is 5.25.